The number of benzene rings is 2. The molecular formula is C23H27ClN4O2S. The van der Waals surface area contributed by atoms with Crippen LogP contribution in [-0.2, 0) is 17.9 Å². The molecule has 31 heavy (non-hydrogen) atoms. The number of halogens is 1. The minimum absolute atomic E-state index is 0.0567. The van der Waals surface area contributed by atoms with Gasteiger partial charge < -0.3 is 14.6 Å². The highest BCUT2D eigenvalue weighted by molar-refractivity contribution is 7.99. The van der Waals surface area contributed by atoms with Crippen molar-refractivity contribution >= 4 is 29.3 Å². The van der Waals surface area contributed by atoms with Crippen LogP contribution in [0.3, 0.4) is 0 Å². The maximum atomic E-state index is 12.3. The predicted octanol–water partition coefficient (Wildman–Crippen LogP) is 5.06. The summed E-state index contributed by atoms with van der Waals surface area (Å²) in [7, 11) is 0. The summed E-state index contributed by atoms with van der Waals surface area (Å²) in [6.45, 7) is 8.14. The molecule has 0 radical (unpaired) electrons. The van der Waals surface area contributed by atoms with Crippen molar-refractivity contribution in [2.75, 3.05) is 12.4 Å². The van der Waals surface area contributed by atoms with Gasteiger partial charge in [-0.1, -0.05) is 49.3 Å². The molecule has 0 unspecified atom stereocenters. The fourth-order valence-corrected chi connectivity index (χ4v) is 3.80. The average molecular weight is 459 g/mol. The van der Waals surface area contributed by atoms with Crippen molar-refractivity contribution in [3.63, 3.8) is 0 Å². The first-order valence-corrected chi connectivity index (χ1v) is 11.6. The van der Waals surface area contributed by atoms with Crippen LogP contribution in [0.15, 0.2) is 53.7 Å². The number of aromatic nitrogens is 3. The van der Waals surface area contributed by atoms with Gasteiger partial charge in [0, 0.05) is 23.7 Å². The number of rotatable bonds is 10. The molecule has 8 heteroatoms. The molecule has 0 aliphatic carbocycles. The summed E-state index contributed by atoms with van der Waals surface area (Å²) in [4.78, 5) is 12.3. The van der Waals surface area contributed by atoms with Crippen molar-refractivity contribution in [3.8, 4) is 17.1 Å². The Labute approximate surface area is 192 Å². The van der Waals surface area contributed by atoms with Crippen LogP contribution in [0.5, 0.6) is 5.75 Å². The third kappa shape index (κ3) is 6.74. The number of thioether (sulfide) groups is 1. The van der Waals surface area contributed by atoms with Crippen LogP contribution in [0, 0.1) is 5.92 Å². The van der Waals surface area contributed by atoms with Crippen molar-refractivity contribution in [2.24, 2.45) is 5.92 Å². The van der Waals surface area contributed by atoms with Gasteiger partial charge in [-0.2, -0.15) is 0 Å². The van der Waals surface area contributed by atoms with E-state index in [9.17, 15) is 4.79 Å². The molecular weight excluding hydrogens is 432 g/mol. The molecule has 1 aromatic heterocycles. The summed E-state index contributed by atoms with van der Waals surface area (Å²) in [5.41, 5.74) is 1.97. The van der Waals surface area contributed by atoms with Crippen molar-refractivity contribution in [1.82, 2.24) is 20.1 Å². The summed E-state index contributed by atoms with van der Waals surface area (Å²) in [5, 5.41) is 13.0. The minimum atomic E-state index is -0.0567. The van der Waals surface area contributed by atoms with E-state index in [2.05, 4.69) is 29.4 Å². The van der Waals surface area contributed by atoms with Crippen LogP contribution in [0.25, 0.3) is 11.4 Å². The second-order valence-electron chi connectivity index (χ2n) is 7.47. The normalized spacial score (nSPS) is 11.0. The summed E-state index contributed by atoms with van der Waals surface area (Å²) in [5.74, 6) is 2.31. The van der Waals surface area contributed by atoms with Crippen LogP contribution in [0.4, 0.5) is 0 Å². The Bertz CT molecular complexity index is 988. The molecule has 0 spiro atoms. The third-order valence-corrected chi connectivity index (χ3v) is 5.68. The van der Waals surface area contributed by atoms with Crippen molar-refractivity contribution in [3.05, 3.63) is 59.1 Å². The fourth-order valence-electron chi connectivity index (χ4n) is 2.84. The molecule has 0 aliphatic heterocycles. The first-order chi connectivity index (χ1) is 15.0. The number of hydrogen-bond acceptors (Lipinski definition) is 5. The van der Waals surface area contributed by atoms with E-state index in [1.165, 1.54) is 11.8 Å². The van der Waals surface area contributed by atoms with Crippen LogP contribution in [0.1, 0.15) is 26.3 Å². The second kappa shape index (κ2) is 11.2. The molecule has 0 saturated carbocycles. The molecule has 0 atom stereocenters. The van der Waals surface area contributed by atoms with E-state index in [1.807, 2.05) is 60.0 Å². The Kier molecular flexibility index (Phi) is 8.37. The number of nitrogens with zero attached hydrogens (tertiary/aromatic N) is 3. The number of carbonyl (C=O) groups excluding carboxylic acids is 1. The van der Waals surface area contributed by atoms with Gasteiger partial charge in [-0.15, -0.1) is 10.2 Å². The monoisotopic (exact) mass is 458 g/mol. The van der Waals surface area contributed by atoms with Crippen LogP contribution < -0.4 is 10.1 Å². The lowest BCUT2D eigenvalue weighted by Crippen LogP contribution is -2.24. The van der Waals surface area contributed by atoms with Gasteiger partial charge in [0.1, 0.15) is 5.75 Å². The summed E-state index contributed by atoms with van der Waals surface area (Å²) >= 11 is 7.27. The quantitative estimate of drug-likeness (QED) is 0.430. The van der Waals surface area contributed by atoms with E-state index in [-0.39, 0.29) is 11.7 Å². The Balaban J connectivity index is 1.58. The predicted molar refractivity (Wildman–Crippen MR) is 125 cm³/mol. The van der Waals surface area contributed by atoms with E-state index in [0.717, 1.165) is 27.9 Å². The largest absolute Gasteiger partial charge is 0.493 e. The van der Waals surface area contributed by atoms with Gasteiger partial charge in [-0.3, -0.25) is 4.79 Å². The number of amides is 1. The lowest BCUT2D eigenvalue weighted by Gasteiger charge is -2.10. The highest BCUT2D eigenvalue weighted by Gasteiger charge is 2.15. The molecule has 1 amide bonds. The van der Waals surface area contributed by atoms with Gasteiger partial charge in [0.2, 0.25) is 5.91 Å². The highest BCUT2D eigenvalue weighted by Crippen LogP contribution is 2.25. The lowest BCUT2D eigenvalue weighted by atomic mass is 10.2. The van der Waals surface area contributed by atoms with E-state index in [4.69, 9.17) is 16.3 Å². The SMILES string of the molecule is CCn1c(SCC(=O)NCc2ccc(Cl)cc2)nnc1-c1ccc(OCC(C)C)cc1. The van der Waals surface area contributed by atoms with Crippen molar-refractivity contribution < 1.29 is 9.53 Å². The molecule has 0 bridgehead atoms. The lowest BCUT2D eigenvalue weighted by molar-refractivity contribution is -0.118. The number of ether oxygens (including phenoxy) is 1. The van der Waals surface area contributed by atoms with Gasteiger partial charge in [-0.05, 0) is 54.8 Å². The molecule has 1 N–H and O–H groups in total. The Morgan fingerprint density at radius 3 is 2.48 bits per heavy atom. The van der Waals surface area contributed by atoms with E-state index in [0.29, 0.717) is 30.6 Å². The number of carbonyl (C=O) groups is 1. The minimum Gasteiger partial charge on any atom is -0.493 e. The standard InChI is InChI=1S/C23H27ClN4O2S/c1-4-28-22(18-7-11-20(12-8-18)30-14-16(2)3)26-27-23(28)31-15-21(29)25-13-17-5-9-19(24)10-6-17/h5-12,16H,4,13-15H2,1-3H3,(H,25,29). The smallest absolute Gasteiger partial charge is 0.230 e. The Morgan fingerprint density at radius 1 is 1.13 bits per heavy atom. The first kappa shape index (κ1) is 23.2. The van der Waals surface area contributed by atoms with E-state index < -0.39 is 0 Å². The van der Waals surface area contributed by atoms with Crippen LogP contribution in [0.2, 0.25) is 5.02 Å². The molecule has 6 nitrogen and oxygen atoms in total. The van der Waals surface area contributed by atoms with Gasteiger partial charge in [-0.25, -0.2) is 0 Å². The van der Waals surface area contributed by atoms with Crippen LogP contribution >= 0.6 is 23.4 Å². The zero-order valence-corrected chi connectivity index (χ0v) is 19.5. The first-order valence-electron chi connectivity index (χ1n) is 10.3. The molecule has 3 aromatic rings. The summed E-state index contributed by atoms with van der Waals surface area (Å²) < 4.78 is 7.76. The molecule has 0 fully saturated rings. The third-order valence-electron chi connectivity index (χ3n) is 4.46. The van der Waals surface area contributed by atoms with E-state index in [1.54, 1.807) is 0 Å². The fraction of sp³-hybridized carbons (Fsp3) is 0.348. The zero-order chi connectivity index (χ0) is 22.2. The maximum absolute atomic E-state index is 12.3. The van der Waals surface area contributed by atoms with Gasteiger partial charge in [0.25, 0.3) is 0 Å². The number of hydrogen-bond donors (Lipinski definition) is 1. The molecule has 3 rings (SSSR count). The average Bonchev–Trinajstić information content (AvgIpc) is 3.19. The van der Waals surface area contributed by atoms with Gasteiger partial charge in [0.15, 0.2) is 11.0 Å². The topological polar surface area (TPSA) is 69.0 Å². The molecule has 0 aliphatic rings. The van der Waals surface area contributed by atoms with Crippen LogP contribution in [-0.4, -0.2) is 33.0 Å². The Hall–Kier alpha value is -2.51. The van der Waals surface area contributed by atoms with Crippen molar-refractivity contribution in [2.45, 2.75) is 39.0 Å². The Morgan fingerprint density at radius 2 is 1.84 bits per heavy atom. The summed E-state index contributed by atoms with van der Waals surface area (Å²) in [6, 6.07) is 15.3. The van der Waals surface area contributed by atoms with Gasteiger partial charge in [0.05, 0.1) is 12.4 Å². The number of nitrogens with one attached hydrogen (secondary N) is 1. The molecule has 0 saturated heterocycles. The maximum Gasteiger partial charge on any atom is 0.230 e. The second-order valence-corrected chi connectivity index (χ2v) is 8.85. The zero-order valence-electron chi connectivity index (χ0n) is 18.0. The van der Waals surface area contributed by atoms with Gasteiger partial charge >= 0.3 is 0 Å². The molecule has 1 heterocycles. The van der Waals surface area contributed by atoms with Crippen molar-refractivity contribution in [1.29, 1.82) is 0 Å². The molecule has 164 valence electrons. The summed E-state index contributed by atoms with van der Waals surface area (Å²) in [6.07, 6.45) is 0. The molecule has 2 aromatic carbocycles. The van der Waals surface area contributed by atoms with E-state index >= 15 is 0 Å². The highest BCUT2D eigenvalue weighted by atomic mass is 35.5.